The highest BCUT2D eigenvalue weighted by atomic mass is 16.5. The van der Waals surface area contributed by atoms with Gasteiger partial charge in [0.2, 0.25) is 0 Å². The van der Waals surface area contributed by atoms with E-state index in [0.717, 1.165) is 40.8 Å². The van der Waals surface area contributed by atoms with Crippen LogP contribution in [0.3, 0.4) is 0 Å². The molecule has 164 valence electrons. The number of hydrogen-bond donors (Lipinski definition) is 1. The maximum absolute atomic E-state index is 13.1. The smallest absolute Gasteiger partial charge is 0.276 e. The quantitative estimate of drug-likeness (QED) is 0.423. The Morgan fingerprint density at radius 1 is 0.909 bits per heavy atom. The van der Waals surface area contributed by atoms with E-state index in [0.29, 0.717) is 12.2 Å². The fraction of sp³-hybridized carbons (Fsp3) is 0.143. The van der Waals surface area contributed by atoms with Crippen molar-refractivity contribution in [3.8, 4) is 11.1 Å². The van der Waals surface area contributed by atoms with Gasteiger partial charge in [0.25, 0.3) is 5.91 Å². The minimum absolute atomic E-state index is 0.190. The van der Waals surface area contributed by atoms with E-state index >= 15 is 0 Å². The molecule has 33 heavy (non-hydrogen) atoms. The number of hydrogen-bond acceptors (Lipinski definition) is 3. The number of ether oxygens (including phenoxy) is 1. The fourth-order valence-corrected chi connectivity index (χ4v) is 4.12. The maximum atomic E-state index is 13.1. The molecule has 1 aliphatic carbocycles. The number of rotatable bonds is 6. The van der Waals surface area contributed by atoms with Crippen LogP contribution in [0.5, 0.6) is 0 Å². The summed E-state index contributed by atoms with van der Waals surface area (Å²) in [5, 5.41) is 8.57. The topological polar surface area (TPSA) is 56.1 Å². The maximum Gasteiger partial charge on any atom is 0.276 e. The number of carbonyl (C=O) groups excluding carboxylic acids is 1. The molecular weight excluding hydrogens is 410 g/mol. The number of aromatic nitrogens is 2. The molecule has 0 saturated heterocycles. The number of allylic oxidation sites excluding steroid dienone is 4. The van der Waals surface area contributed by atoms with Crippen LogP contribution in [0.15, 0.2) is 102 Å². The molecule has 0 fully saturated rings. The molecule has 0 saturated carbocycles. The van der Waals surface area contributed by atoms with Crippen molar-refractivity contribution >= 4 is 16.8 Å². The zero-order valence-corrected chi connectivity index (χ0v) is 18.5. The van der Waals surface area contributed by atoms with Gasteiger partial charge < -0.3 is 10.1 Å². The van der Waals surface area contributed by atoms with Gasteiger partial charge in [0.05, 0.1) is 24.9 Å². The van der Waals surface area contributed by atoms with Gasteiger partial charge in [-0.25, -0.2) is 0 Å². The first kappa shape index (κ1) is 20.8. The number of para-hydroxylation sites is 1. The fourth-order valence-electron chi connectivity index (χ4n) is 4.12. The monoisotopic (exact) mass is 435 g/mol. The van der Waals surface area contributed by atoms with Crippen LogP contribution in [0.1, 0.15) is 28.9 Å². The molecule has 1 N–H and O–H groups in total. The van der Waals surface area contributed by atoms with Crippen molar-refractivity contribution in [1.82, 2.24) is 15.1 Å². The van der Waals surface area contributed by atoms with E-state index in [1.54, 1.807) is 7.11 Å². The summed E-state index contributed by atoms with van der Waals surface area (Å²) in [6, 6.07) is 26.7. The highest BCUT2D eigenvalue weighted by molar-refractivity contribution is 6.05. The van der Waals surface area contributed by atoms with Crippen LogP contribution in [-0.2, 0) is 11.3 Å². The lowest BCUT2D eigenvalue weighted by Gasteiger charge is -2.14. The first-order valence-electron chi connectivity index (χ1n) is 11.1. The van der Waals surface area contributed by atoms with Crippen molar-refractivity contribution in [3.05, 3.63) is 114 Å². The van der Waals surface area contributed by atoms with Gasteiger partial charge in [0.1, 0.15) is 0 Å². The first-order valence-corrected chi connectivity index (χ1v) is 11.1. The van der Waals surface area contributed by atoms with E-state index in [4.69, 9.17) is 9.84 Å². The third-order valence-electron chi connectivity index (χ3n) is 5.91. The molecule has 0 unspecified atom stereocenters. The Labute approximate surface area is 193 Å². The number of amides is 1. The Hall–Kier alpha value is -4.12. The third kappa shape index (κ3) is 4.44. The summed E-state index contributed by atoms with van der Waals surface area (Å²) >= 11 is 0. The van der Waals surface area contributed by atoms with Crippen LogP contribution in [0.4, 0.5) is 0 Å². The van der Waals surface area contributed by atoms with Gasteiger partial charge >= 0.3 is 0 Å². The standard InChI is InChI=1S/C28H25N3O2/c1-33-24-17-15-23(16-18-24)29-28(32)27-25-9-5-6-10-26(25)31(30-27)19-20-11-13-22(14-12-20)21-7-3-2-4-8-21/h2-15,17H,16,18-19H2,1H3,(H,29,32). The Morgan fingerprint density at radius 2 is 1.64 bits per heavy atom. The summed E-state index contributed by atoms with van der Waals surface area (Å²) in [5.74, 6) is 0.728. The predicted octanol–water partition coefficient (Wildman–Crippen LogP) is 5.69. The number of nitrogens with zero attached hydrogens (tertiary/aromatic N) is 2. The van der Waals surface area contributed by atoms with E-state index in [1.807, 2.05) is 59.3 Å². The van der Waals surface area contributed by atoms with Crippen molar-refractivity contribution in [3.63, 3.8) is 0 Å². The zero-order valence-electron chi connectivity index (χ0n) is 18.5. The second-order valence-electron chi connectivity index (χ2n) is 8.07. The minimum atomic E-state index is -0.190. The lowest BCUT2D eigenvalue weighted by atomic mass is 10.0. The van der Waals surface area contributed by atoms with E-state index in [1.165, 1.54) is 11.1 Å². The Balaban J connectivity index is 1.39. The third-order valence-corrected chi connectivity index (χ3v) is 5.91. The van der Waals surface area contributed by atoms with Crippen molar-refractivity contribution < 1.29 is 9.53 Å². The minimum Gasteiger partial charge on any atom is -0.501 e. The average Bonchev–Trinajstić information content (AvgIpc) is 3.24. The molecular formula is C28H25N3O2. The summed E-state index contributed by atoms with van der Waals surface area (Å²) in [5.41, 5.74) is 5.74. The molecule has 5 rings (SSSR count). The van der Waals surface area contributed by atoms with Gasteiger partial charge in [-0.2, -0.15) is 5.10 Å². The number of nitrogens with one attached hydrogen (secondary N) is 1. The van der Waals surface area contributed by atoms with Gasteiger partial charge in [-0.15, -0.1) is 0 Å². The molecule has 1 aromatic heterocycles. The lowest BCUT2D eigenvalue weighted by molar-refractivity contribution is 0.0959. The van der Waals surface area contributed by atoms with Crippen molar-refractivity contribution in [2.45, 2.75) is 19.4 Å². The summed E-state index contributed by atoms with van der Waals surface area (Å²) in [4.78, 5) is 13.1. The normalized spacial score (nSPS) is 13.4. The van der Waals surface area contributed by atoms with E-state index < -0.39 is 0 Å². The Kier molecular flexibility index (Phi) is 5.77. The van der Waals surface area contributed by atoms with Crippen LogP contribution < -0.4 is 5.32 Å². The molecule has 1 amide bonds. The molecule has 3 aromatic carbocycles. The van der Waals surface area contributed by atoms with Crippen LogP contribution in [0, 0.1) is 0 Å². The van der Waals surface area contributed by atoms with E-state index in [-0.39, 0.29) is 5.91 Å². The second kappa shape index (κ2) is 9.17. The summed E-state index contributed by atoms with van der Waals surface area (Å²) in [6.45, 7) is 0.589. The number of benzene rings is 3. The molecule has 0 atom stereocenters. The summed E-state index contributed by atoms with van der Waals surface area (Å²) < 4.78 is 7.17. The number of methoxy groups -OCH3 is 1. The Morgan fingerprint density at radius 3 is 2.36 bits per heavy atom. The van der Waals surface area contributed by atoms with Crippen LogP contribution in [0.2, 0.25) is 0 Å². The van der Waals surface area contributed by atoms with Gasteiger partial charge in [0, 0.05) is 17.5 Å². The van der Waals surface area contributed by atoms with Crippen LogP contribution in [-0.4, -0.2) is 22.8 Å². The molecule has 1 heterocycles. The molecule has 1 aliphatic rings. The molecule has 5 nitrogen and oxygen atoms in total. The van der Waals surface area contributed by atoms with Crippen LogP contribution in [0.25, 0.3) is 22.0 Å². The van der Waals surface area contributed by atoms with Crippen molar-refractivity contribution in [2.75, 3.05) is 7.11 Å². The Bertz CT molecular complexity index is 1350. The lowest BCUT2D eigenvalue weighted by Crippen LogP contribution is -2.24. The van der Waals surface area contributed by atoms with Crippen LogP contribution >= 0.6 is 0 Å². The molecule has 4 aromatic rings. The average molecular weight is 436 g/mol. The predicted molar refractivity (Wildman–Crippen MR) is 131 cm³/mol. The highest BCUT2D eigenvalue weighted by Crippen LogP contribution is 2.23. The van der Waals surface area contributed by atoms with E-state index in [2.05, 4.69) is 41.7 Å². The van der Waals surface area contributed by atoms with Crippen molar-refractivity contribution in [2.24, 2.45) is 0 Å². The molecule has 0 spiro atoms. The van der Waals surface area contributed by atoms with Gasteiger partial charge in [-0.3, -0.25) is 9.48 Å². The zero-order chi connectivity index (χ0) is 22.6. The largest absolute Gasteiger partial charge is 0.501 e. The highest BCUT2D eigenvalue weighted by Gasteiger charge is 2.19. The van der Waals surface area contributed by atoms with Gasteiger partial charge in [0.15, 0.2) is 5.69 Å². The van der Waals surface area contributed by atoms with Gasteiger partial charge in [-0.1, -0.05) is 72.8 Å². The van der Waals surface area contributed by atoms with E-state index in [9.17, 15) is 4.79 Å². The van der Waals surface area contributed by atoms with Crippen molar-refractivity contribution in [1.29, 1.82) is 0 Å². The first-order chi connectivity index (χ1) is 16.2. The second-order valence-corrected chi connectivity index (χ2v) is 8.07. The molecule has 0 bridgehead atoms. The number of fused-ring (bicyclic) bond motifs is 1. The van der Waals surface area contributed by atoms with Gasteiger partial charge in [-0.05, 0) is 41.3 Å². The SMILES string of the molecule is COC1=CC=C(NC(=O)c2nn(Cc3ccc(-c4ccccc4)cc3)c3ccccc23)CC1. The molecule has 0 radical (unpaired) electrons. The number of carbonyl (C=O) groups is 1. The molecule has 5 heteroatoms. The summed E-state index contributed by atoms with van der Waals surface area (Å²) in [7, 11) is 1.66. The summed E-state index contributed by atoms with van der Waals surface area (Å²) in [6.07, 6.45) is 5.30. The molecule has 0 aliphatic heterocycles.